The summed E-state index contributed by atoms with van der Waals surface area (Å²) in [6.45, 7) is 10.1. The van der Waals surface area contributed by atoms with Crippen molar-refractivity contribution < 1.29 is 28.5 Å². The van der Waals surface area contributed by atoms with Crippen molar-refractivity contribution in [2.24, 2.45) is 11.8 Å². The monoisotopic (exact) mass is 627 g/mol. The number of esters is 2. The van der Waals surface area contributed by atoms with Crippen molar-refractivity contribution in [3.8, 4) is 29.1 Å². The van der Waals surface area contributed by atoms with Gasteiger partial charge in [0.1, 0.15) is 29.1 Å². The fourth-order valence-electron chi connectivity index (χ4n) is 4.92. The summed E-state index contributed by atoms with van der Waals surface area (Å²) < 4.78 is 22.7. The molecule has 0 aliphatic carbocycles. The van der Waals surface area contributed by atoms with Crippen molar-refractivity contribution in [2.45, 2.75) is 91.9 Å². The van der Waals surface area contributed by atoms with E-state index in [2.05, 4.69) is 33.8 Å². The zero-order chi connectivity index (χ0) is 33.1. The lowest BCUT2D eigenvalue weighted by Gasteiger charge is -2.13. The van der Waals surface area contributed by atoms with E-state index in [-0.39, 0.29) is 11.3 Å². The molecule has 0 spiro atoms. The Morgan fingerprint density at radius 2 is 1.24 bits per heavy atom. The maximum atomic E-state index is 12.8. The van der Waals surface area contributed by atoms with Crippen molar-refractivity contribution in [2.75, 3.05) is 13.2 Å². The SMILES string of the molecule is CCCCCCCCOc1cc(C(=O)Oc2ccc(C(=O)Oc3ccc(OCC[C@@H](C)CCCC(C)C)cc3)cc2)ccc1C#N. The van der Waals surface area contributed by atoms with Gasteiger partial charge in [-0.05, 0) is 91.4 Å². The van der Waals surface area contributed by atoms with Gasteiger partial charge < -0.3 is 18.9 Å². The number of unbranched alkanes of at least 4 members (excludes halogenated alkanes) is 5. The van der Waals surface area contributed by atoms with E-state index < -0.39 is 11.9 Å². The zero-order valence-electron chi connectivity index (χ0n) is 27.9. The van der Waals surface area contributed by atoms with Crippen LogP contribution in [0, 0.1) is 23.2 Å². The molecule has 0 N–H and O–H groups in total. The molecule has 1 atom stereocenters. The Hall–Kier alpha value is -4.31. The Kier molecular flexibility index (Phi) is 15.7. The molecule has 0 radical (unpaired) electrons. The molecule has 0 saturated carbocycles. The van der Waals surface area contributed by atoms with Crippen LogP contribution in [0.3, 0.4) is 0 Å². The quantitative estimate of drug-likeness (QED) is 0.0699. The van der Waals surface area contributed by atoms with E-state index in [1.165, 1.54) is 62.8 Å². The van der Waals surface area contributed by atoms with E-state index in [0.717, 1.165) is 37.4 Å². The van der Waals surface area contributed by atoms with Gasteiger partial charge in [-0.2, -0.15) is 5.26 Å². The summed E-state index contributed by atoms with van der Waals surface area (Å²) in [6, 6.07) is 19.9. The minimum absolute atomic E-state index is 0.268. The van der Waals surface area contributed by atoms with Crippen LogP contribution in [0.25, 0.3) is 0 Å². The number of ether oxygens (including phenoxy) is 4. The third-order valence-electron chi connectivity index (χ3n) is 7.79. The number of benzene rings is 3. The standard InChI is InChI=1S/C39H49NO6/c1-5-6-7-8-9-10-25-44-37-27-32(14-15-33(37)28-40)39(42)46-35-18-16-31(17-19-35)38(41)45-36-22-20-34(21-23-36)43-26-24-30(4)13-11-12-29(2)3/h14-23,27,29-30H,5-13,24-26H2,1-4H3/t30-/m0/s1. The lowest BCUT2D eigenvalue weighted by Crippen LogP contribution is -2.11. The minimum Gasteiger partial charge on any atom is -0.494 e. The van der Waals surface area contributed by atoms with Gasteiger partial charge in [0.25, 0.3) is 0 Å². The minimum atomic E-state index is -0.591. The van der Waals surface area contributed by atoms with Crippen LogP contribution in [0.4, 0.5) is 0 Å². The van der Waals surface area contributed by atoms with Gasteiger partial charge in [-0.25, -0.2) is 9.59 Å². The van der Waals surface area contributed by atoms with E-state index in [0.29, 0.717) is 41.8 Å². The highest BCUT2D eigenvalue weighted by atomic mass is 16.5. The number of hydrogen-bond donors (Lipinski definition) is 0. The van der Waals surface area contributed by atoms with E-state index in [1.807, 2.05) is 0 Å². The summed E-state index contributed by atoms with van der Waals surface area (Å²) >= 11 is 0. The molecule has 0 bridgehead atoms. The number of carbonyl (C=O) groups excluding carboxylic acids is 2. The average molecular weight is 628 g/mol. The Morgan fingerprint density at radius 3 is 1.89 bits per heavy atom. The summed E-state index contributed by atoms with van der Waals surface area (Å²) in [5, 5.41) is 9.45. The third kappa shape index (κ3) is 13.0. The smallest absolute Gasteiger partial charge is 0.343 e. The van der Waals surface area contributed by atoms with E-state index >= 15 is 0 Å². The molecular weight excluding hydrogens is 578 g/mol. The van der Waals surface area contributed by atoms with Crippen molar-refractivity contribution >= 4 is 11.9 Å². The van der Waals surface area contributed by atoms with Crippen molar-refractivity contribution in [3.05, 3.63) is 83.4 Å². The molecular formula is C39H49NO6. The molecule has 3 aromatic rings. The molecule has 0 aliphatic rings. The van der Waals surface area contributed by atoms with Gasteiger partial charge in [-0.3, -0.25) is 0 Å². The molecule has 0 fully saturated rings. The predicted octanol–water partition coefficient (Wildman–Crippen LogP) is 9.97. The molecule has 0 aromatic heterocycles. The van der Waals surface area contributed by atoms with Crippen LogP contribution in [0.15, 0.2) is 66.7 Å². The Bertz CT molecular complexity index is 1390. The predicted molar refractivity (Wildman–Crippen MR) is 181 cm³/mol. The maximum Gasteiger partial charge on any atom is 0.343 e. The van der Waals surface area contributed by atoms with Gasteiger partial charge in [0, 0.05) is 0 Å². The highest BCUT2D eigenvalue weighted by Gasteiger charge is 2.15. The number of nitrogens with zero attached hydrogens (tertiary/aromatic N) is 1. The van der Waals surface area contributed by atoms with Gasteiger partial charge in [-0.15, -0.1) is 0 Å². The molecule has 0 amide bonds. The second-order valence-electron chi connectivity index (χ2n) is 12.3. The summed E-state index contributed by atoms with van der Waals surface area (Å²) in [5.41, 5.74) is 0.949. The molecule has 7 nitrogen and oxygen atoms in total. The lowest BCUT2D eigenvalue weighted by atomic mass is 9.98. The van der Waals surface area contributed by atoms with Crippen LogP contribution in [-0.4, -0.2) is 25.2 Å². The molecule has 0 aliphatic heterocycles. The van der Waals surface area contributed by atoms with Crippen LogP contribution in [0.1, 0.15) is 118 Å². The number of hydrogen-bond acceptors (Lipinski definition) is 7. The normalized spacial score (nSPS) is 11.5. The van der Waals surface area contributed by atoms with Crippen LogP contribution < -0.4 is 18.9 Å². The Balaban J connectivity index is 1.45. The summed E-state index contributed by atoms with van der Waals surface area (Å²) in [4.78, 5) is 25.5. The van der Waals surface area contributed by atoms with Crippen LogP contribution in [0.2, 0.25) is 0 Å². The first-order valence-electron chi connectivity index (χ1n) is 16.7. The van der Waals surface area contributed by atoms with E-state index in [9.17, 15) is 14.9 Å². The summed E-state index contributed by atoms with van der Waals surface area (Å²) in [7, 11) is 0. The summed E-state index contributed by atoms with van der Waals surface area (Å²) in [5.74, 6) is 2.03. The first-order valence-corrected chi connectivity index (χ1v) is 16.7. The van der Waals surface area contributed by atoms with Crippen molar-refractivity contribution in [3.63, 3.8) is 0 Å². The second-order valence-corrected chi connectivity index (χ2v) is 12.3. The van der Waals surface area contributed by atoms with Gasteiger partial charge in [-0.1, -0.05) is 79.1 Å². The average Bonchev–Trinajstić information content (AvgIpc) is 3.05. The zero-order valence-corrected chi connectivity index (χ0v) is 27.9. The molecule has 246 valence electrons. The van der Waals surface area contributed by atoms with Crippen LogP contribution >= 0.6 is 0 Å². The van der Waals surface area contributed by atoms with Crippen LogP contribution in [-0.2, 0) is 0 Å². The Labute approximate surface area is 274 Å². The van der Waals surface area contributed by atoms with Gasteiger partial charge in [0.2, 0.25) is 0 Å². The summed E-state index contributed by atoms with van der Waals surface area (Å²) in [6.07, 6.45) is 11.5. The highest BCUT2D eigenvalue weighted by molar-refractivity contribution is 5.93. The molecule has 0 heterocycles. The third-order valence-corrected chi connectivity index (χ3v) is 7.79. The van der Waals surface area contributed by atoms with Crippen molar-refractivity contribution in [1.82, 2.24) is 0 Å². The molecule has 0 unspecified atom stereocenters. The first kappa shape index (κ1) is 36.2. The first-order chi connectivity index (χ1) is 22.3. The number of rotatable bonds is 20. The van der Waals surface area contributed by atoms with E-state index in [4.69, 9.17) is 18.9 Å². The highest BCUT2D eigenvalue weighted by Crippen LogP contribution is 2.24. The van der Waals surface area contributed by atoms with Gasteiger partial charge in [0.15, 0.2) is 0 Å². The largest absolute Gasteiger partial charge is 0.494 e. The van der Waals surface area contributed by atoms with Gasteiger partial charge >= 0.3 is 11.9 Å². The molecule has 7 heteroatoms. The van der Waals surface area contributed by atoms with Crippen LogP contribution in [0.5, 0.6) is 23.0 Å². The Morgan fingerprint density at radius 1 is 0.652 bits per heavy atom. The maximum absolute atomic E-state index is 12.8. The van der Waals surface area contributed by atoms with Gasteiger partial charge in [0.05, 0.1) is 29.9 Å². The van der Waals surface area contributed by atoms with Crippen molar-refractivity contribution in [1.29, 1.82) is 5.26 Å². The molecule has 3 rings (SSSR count). The molecule has 3 aromatic carbocycles. The number of carbonyl (C=O) groups is 2. The molecule has 0 saturated heterocycles. The van der Waals surface area contributed by atoms with E-state index in [1.54, 1.807) is 42.5 Å². The lowest BCUT2D eigenvalue weighted by molar-refractivity contribution is 0.0730. The number of nitriles is 1. The topological polar surface area (TPSA) is 94.8 Å². The fourth-order valence-corrected chi connectivity index (χ4v) is 4.92. The fraction of sp³-hybridized carbons (Fsp3) is 0.462. The molecule has 46 heavy (non-hydrogen) atoms. The second kappa shape index (κ2) is 19.9.